The summed E-state index contributed by atoms with van der Waals surface area (Å²) in [6, 6.07) is 3.23. The molecule has 0 aliphatic carbocycles. The minimum atomic E-state index is -0.860. The normalized spacial score (nSPS) is 9.72. The molecule has 0 aromatic heterocycles. The standard InChI is InChI=1S/C11H12FNO5/c1-17-10(15)8-6-7(12)2-3-9(8)13-11(16)18-5-4-14/h2-3,6,14H,4-5H2,1H3,(H,13,16). The lowest BCUT2D eigenvalue weighted by Crippen LogP contribution is -2.18. The van der Waals surface area contributed by atoms with Crippen molar-refractivity contribution in [2.24, 2.45) is 0 Å². The van der Waals surface area contributed by atoms with Gasteiger partial charge in [-0.2, -0.15) is 0 Å². The second-order valence-electron chi connectivity index (χ2n) is 3.17. The Kier molecular flexibility index (Phi) is 5.06. The van der Waals surface area contributed by atoms with Crippen LogP contribution in [0.2, 0.25) is 0 Å². The predicted octanol–water partition coefficient (Wildman–Crippen LogP) is 1.15. The minimum absolute atomic E-state index is 0.0613. The van der Waals surface area contributed by atoms with Gasteiger partial charge >= 0.3 is 12.1 Å². The molecule has 0 aliphatic heterocycles. The lowest BCUT2D eigenvalue weighted by atomic mass is 10.1. The minimum Gasteiger partial charge on any atom is -0.465 e. The van der Waals surface area contributed by atoms with Crippen molar-refractivity contribution in [2.45, 2.75) is 0 Å². The van der Waals surface area contributed by atoms with Gasteiger partial charge in [0.1, 0.15) is 12.4 Å². The summed E-state index contributed by atoms with van der Waals surface area (Å²) in [7, 11) is 1.14. The van der Waals surface area contributed by atoms with Crippen LogP contribution in [0.1, 0.15) is 10.4 Å². The number of aliphatic hydroxyl groups excluding tert-OH is 1. The van der Waals surface area contributed by atoms with Crippen molar-refractivity contribution in [2.75, 3.05) is 25.6 Å². The fourth-order valence-electron chi connectivity index (χ4n) is 1.19. The summed E-state index contributed by atoms with van der Waals surface area (Å²) in [6.07, 6.45) is -0.860. The summed E-state index contributed by atoms with van der Waals surface area (Å²) in [5.74, 6) is -1.42. The molecule has 0 heterocycles. The molecule has 18 heavy (non-hydrogen) atoms. The number of carbonyl (C=O) groups is 2. The molecule has 7 heteroatoms. The summed E-state index contributed by atoms with van der Waals surface area (Å²) in [5.41, 5.74) is -0.0651. The number of methoxy groups -OCH3 is 1. The second-order valence-corrected chi connectivity index (χ2v) is 3.17. The number of anilines is 1. The topological polar surface area (TPSA) is 84.9 Å². The van der Waals surface area contributed by atoms with Crippen LogP contribution in [0.4, 0.5) is 14.9 Å². The Hall–Kier alpha value is -2.15. The number of rotatable bonds is 4. The molecule has 0 saturated carbocycles. The largest absolute Gasteiger partial charge is 0.465 e. The molecule has 0 bridgehead atoms. The number of hydrogen-bond acceptors (Lipinski definition) is 5. The third kappa shape index (κ3) is 3.70. The zero-order valence-corrected chi connectivity index (χ0v) is 9.60. The Bertz CT molecular complexity index is 449. The number of aliphatic hydroxyl groups is 1. The van der Waals surface area contributed by atoms with Crippen LogP contribution in [-0.4, -0.2) is 37.5 Å². The van der Waals surface area contributed by atoms with Crippen LogP contribution in [0, 0.1) is 5.82 Å². The summed E-state index contributed by atoms with van der Waals surface area (Å²) in [4.78, 5) is 22.6. The number of nitrogens with one attached hydrogen (secondary N) is 1. The SMILES string of the molecule is COC(=O)c1cc(F)ccc1NC(=O)OCCO. The van der Waals surface area contributed by atoms with Crippen molar-refractivity contribution in [3.63, 3.8) is 0 Å². The smallest absolute Gasteiger partial charge is 0.411 e. The van der Waals surface area contributed by atoms with Crippen LogP contribution in [0.15, 0.2) is 18.2 Å². The molecule has 0 unspecified atom stereocenters. The average Bonchev–Trinajstić information content (AvgIpc) is 2.37. The van der Waals surface area contributed by atoms with Gasteiger partial charge in [0.25, 0.3) is 0 Å². The van der Waals surface area contributed by atoms with E-state index in [2.05, 4.69) is 14.8 Å². The second kappa shape index (κ2) is 6.55. The molecule has 2 N–H and O–H groups in total. The molecule has 0 atom stereocenters. The van der Waals surface area contributed by atoms with Crippen molar-refractivity contribution in [1.29, 1.82) is 0 Å². The first-order chi connectivity index (χ1) is 8.58. The number of hydrogen-bond donors (Lipinski definition) is 2. The zero-order chi connectivity index (χ0) is 13.5. The van der Waals surface area contributed by atoms with Gasteiger partial charge in [-0.05, 0) is 18.2 Å². The Balaban J connectivity index is 2.87. The van der Waals surface area contributed by atoms with Gasteiger partial charge in [0.2, 0.25) is 0 Å². The third-order valence-electron chi connectivity index (χ3n) is 1.95. The molecule has 0 aliphatic rings. The zero-order valence-electron chi connectivity index (χ0n) is 9.60. The van der Waals surface area contributed by atoms with E-state index >= 15 is 0 Å². The lowest BCUT2D eigenvalue weighted by Gasteiger charge is -2.09. The monoisotopic (exact) mass is 257 g/mol. The van der Waals surface area contributed by atoms with Gasteiger partial charge in [-0.25, -0.2) is 14.0 Å². The van der Waals surface area contributed by atoms with E-state index in [1.165, 1.54) is 6.07 Å². The van der Waals surface area contributed by atoms with E-state index in [1.807, 2.05) is 0 Å². The first-order valence-corrected chi connectivity index (χ1v) is 5.01. The Morgan fingerprint density at radius 1 is 1.44 bits per heavy atom. The highest BCUT2D eigenvalue weighted by atomic mass is 19.1. The molecule has 1 aromatic rings. The van der Waals surface area contributed by atoms with Gasteiger partial charge in [-0.1, -0.05) is 0 Å². The highest BCUT2D eigenvalue weighted by Crippen LogP contribution is 2.18. The molecule has 1 rings (SSSR count). The Morgan fingerprint density at radius 2 is 2.17 bits per heavy atom. The van der Waals surface area contributed by atoms with E-state index in [1.54, 1.807) is 0 Å². The van der Waals surface area contributed by atoms with E-state index in [0.29, 0.717) is 0 Å². The molecular formula is C11H12FNO5. The Morgan fingerprint density at radius 3 is 2.78 bits per heavy atom. The van der Waals surface area contributed by atoms with Gasteiger partial charge in [0, 0.05) is 0 Å². The predicted molar refractivity (Wildman–Crippen MR) is 59.8 cm³/mol. The molecule has 1 aromatic carbocycles. The maximum atomic E-state index is 13.0. The van der Waals surface area contributed by atoms with Gasteiger partial charge in [0.05, 0.1) is 25.0 Å². The molecule has 0 fully saturated rings. The van der Waals surface area contributed by atoms with Crippen LogP contribution in [0.25, 0.3) is 0 Å². The van der Waals surface area contributed by atoms with E-state index in [-0.39, 0.29) is 24.5 Å². The van der Waals surface area contributed by atoms with Gasteiger partial charge in [-0.3, -0.25) is 5.32 Å². The van der Waals surface area contributed by atoms with E-state index in [0.717, 1.165) is 19.2 Å². The molecule has 0 saturated heterocycles. The van der Waals surface area contributed by atoms with Gasteiger partial charge < -0.3 is 14.6 Å². The van der Waals surface area contributed by atoms with Gasteiger partial charge in [0.15, 0.2) is 0 Å². The number of amides is 1. The first kappa shape index (κ1) is 13.9. The summed E-state index contributed by atoms with van der Waals surface area (Å²) < 4.78 is 22.0. The Labute approximate surface area is 102 Å². The molecular weight excluding hydrogens is 245 g/mol. The third-order valence-corrected chi connectivity index (χ3v) is 1.95. The number of benzene rings is 1. The van der Waals surface area contributed by atoms with Gasteiger partial charge in [-0.15, -0.1) is 0 Å². The van der Waals surface area contributed by atoms with E-state index in [9.17, 15) is 14.0 Å². The average molecular weight is 257 g/mol. The van der Waals surface area contributed by atoms with Crippen LogP contribution < -0.4 is 5.32 Å². The highest BCUT2D eigenvalue weighted by molar-refractivity contribution is 5.99. The summed E-state index contributed by atoms with van der Waals surface area (Å²) >= 11 is 0. The highest BCUT2D eigenvalue weighted by Gasteiger charge is 2.15. The van der Waals surface area contributed by atoms with Crippen molar-refractivity contribution in [3.8, 4) is 0 Å². The van der Waals surface area contributed by atoms with E-state index < -0.39 is 17.9 Å². The molecule has 6 nitrogen and oxygen atoms in total. The molecule has 98 valence electrons. The molecule has 1 amide bonds. The van der Waals surface area contributed by atoms with Crippen molar-refractivity contribution in [1.82, 2.24) is 0 Å². The van der Waals surface area contributed by atoms with Crippen molar-refractivity contribution < 1.29 is 28.6 Å². The van der Waals surface area contributed by atoms with E-state index in [4.69, 9.17) is 5.11 Å². The van der Waals surface area contributed by atoms with Crippen molar-refractivity contribution in [3.05, 3.63) is 29.6 Å². The maximum Gasteiger partial charge on any atom is 0.411 e. The first-order valence-electron chi connectivity index (χ1n) is 5.01. The maximum absolute atomic E-state index is 13.0. The van der Waals surface area contributed by atoms with Crippen molar-refractivity contribution >= 4 is 17.7 Å². The number of esters is 1. The summed E-state index contributed by atoms with van der Waals surface area (Å²) in [5, 5.41) is 10.7. The van der Waals surface area contributed by atoms with Crippen LogP contribution in [-0.2, 0) is 9.47 Å². The fraction of sp³-hybridized carbons (Fsp3) is 0.273. The molecule has 0 spiro atoms. The van der Waals surface area contributed by atoms with Crippen LogP contribution >= 0.6 is 0 Å². The quantitative estimate of drug-likeness (QED) is 0.790. The number of carbonyl (C=O) groups excluding carboxylic acids is 2. The van der Waals surface area contributed by atoms with Crippen LogP contribution in [0.3, 0.4) is 0 Å². The number of ether oxygens (including phenoxy) is 2. The summed E-state index contributed by atoms with van der Waals surface area (Å²) in [6.45, 7) is -0.499. The number of halogens is 1. The fourth-order valence-corrected chi connectivity index (χ4v) is 1.19. The lowest BCUT2D eigenvalue weighted by molar-refractivity contribution is 0.0601. The van der Waals surface area contributed by atoms with Crippen LogP contribution in [0.5, 0.6) is 0 Å². The molecule has 0 radical (unpaired) electrons.